The predicted octanol–water partition coefficient (Wildman–Crippen LogP) is 0.981. The van der Waals surface area contributed by atoms with E-state index < -0.39 is 27.9 Å². The number of ether oxygens (including phenoxy) is 1. The second-order valence-electron chi connectivity index (χ2n) is 4.53. The van der Waals surface area contributed by atoms with Crippen LogP contribution in [0.5, 0.6) is 0 Å². The summed E-state index contributed by atoms with van der Waals surface area (Å²) in [5, 5.41) is 7.28. The molecule has 1 aliphatic heterocycles. The smallest absolute Gasteiger partial charge is 0.253 e. The summed E-state index contributed by atoms with van der Waals surface area (Å²) < 4.78 is 41.2. The van der Waals surface area contributed by atoms with Crippen molar-refractivity contribution in [1.82, 2.24) is 0 Å². The summed E-state index contributed by atoms with van der Waals surface area (Å²) in [5.41, 5.74) is -0.100. The van der Waals surface area contributed by atoms with Crippen molar-refractivity contribution in [3.05, 3.63) is 24.0 Å². The van der Waals surface area contributed by atoms with Crippen molar-refractivity contribution in [2.75, 3.05) is 11.9 Å². The van der Waals surface area contributed by atoms with Gasteiger partial charge < -0.3 is 10.1 Å². The van der Waals surface area contributed by atoms with Crippen molar-refractivity contribution in [3.63, 3.8) is 0 Å². The largest absolute Gasteiger partial charge is 0.368 e. The Balaban J connectivity index is 2.11. The molecule has 1 aliphatic rings. The van der Waals surface area contributed by atoms with Gasteiger partial charge >= 0.3 is 0 Å². The Kier molecular flexibility index (Phi) is 4.36. The van der Waals surface area contributed by atoms with Crippen LogP contribution in [0.1, 0.15) is 19.3 Å². The fourth-order valence-electron chi connectivity index (χ4n) is 1.93. The van der Waals surface area contributed by atoms with E-state index >= 15 is 0 Å². The highest BCUT2D eigenvalue weighted by Crippen LogP contribution is 2.20. The second-order valence-corrected chi connectivity index (χ2v) is 6.09. The van der Waals surface area contributed by atoms with Gasteiger partial charge in [-0.2, -0.15) is 0 Å². The van der Waals surface area contributed by atoms with Crippen molar-refractivity contribution in [3.8, 4) is 0 Å². The maximum Gasteiger partial charge on any atom is 0.253 e. The third-order valence-corrected chi connectivity index (χ3v) is 3.91. The zero-order valence-corrected chi connectivity index (χ0v) is 11.5. The molecule has 1 saturated heterocycles. The Labute approximate surface area is 116 Å². The van der Waals surface area contributed by atoms with E-state index in [-0.39, 0.29) is 10.6 Å². The molecule has 6 nitrogen and oxygen atoms in total. The summed E-state index contributed by atoms with van der Waals surface area (Å²) in [6.07, 6.45) is 1.77. The van der Waals surface area contributed by atoms with Crippen LogP contribution in [0.3, 0.4) is 0 Å². The molecule has 1 amide bonds. The van der Waals surface area contributed by atoms with Crippen molar-refractivity contribution < 1.29 is 22.3 Å². The number of sulfonamides is 1. The first kappa shape index (κ1) is 14.9. The summed E-state index contributed by atoms with van der Waals surface area (Å²) in [4.78, 5) is 11.5. The Morgan fingerprint density at radius 3 is 2.70 bits per heavy atom. The number of nitrogens with one attached hydrogen (secondary N) is 1. The van der Waals surface area contributed by atoms with E-state index in [4.69, 9.17) is 9.88 Å². The van der Waals surface area contributed by atoms with Gasteiger partial charge in [-0.3, -0.25) is 4.79 Å². The molecule has 0 saturated carbocycles. The molecule has 3 N–H and O–H groups in total. The minimum atomic E-state index is -3.97. The van der Waals surface area contributed by atoms with Crippen LogP contribution in [-0.2, 0) is 19.6 Å². The number of primary sulfonamides is 1. The van der Waals surface area contributed by atoms with Crippen molar-refractivity contribution >= 4 is 21.6 Å². The third-order valence-electron chi connectivity index (χ3n) is 3.00. The number of benzene rings is 1. The highest BCUT2D eigenvalue weighted by atomic mass is 32.2. The Hall–Kier alpha value is -1.51. The van der Waals surface area contributed by atoms with E-state index in [0.29, 0.717) is 13.0 Å². The SMILES string of the molecule is NS(=O)(=O)c1ccc(NC(=O)C2CCCCO2)c(F)c1. The molecule has 1 unspecified atom stereocenters. The monoisotopic (exact) mass is 302 g/mol. The first-order chi connectivity index (χ1) is 9.38. The Morgan fingerprint density at radius 2 is 2.15 bits per heavy atom. The molecule has 2 rings (SSSR count). The van der Waals surface area contributed by atoms with Crippen molar-refractivity contribution in [1.29, 1.82) is 0 Å². The first-order valence-electron chi connectivity index (χ1n) is 6.13. The molecule has 1 atom stereocenters. The van der Waals surface area contributed by atoms with Crippen molar-refractivity contribution in [2.24, 2.45) is 5.14 Å². The van der Waals surface area contributed by atoms with Gasteiger partial charge in [-0.05, 0) is 37.5 Å². The molecule has 0 aliphatic carbocycles. The minimum absolute atomic E-state index is 0.100. The molecular weight excluding hydrogens is 287 g/mol. The normalized spacial score (nSPS) is 19.6. The second kappa shape index (κ2) is 5.86. The zero-order chi connectivity index (χ0) is 14.8. The number of carbonyl (C=O) groups excluding carboxylic acids is 1. The lowest BCUT2D eigenvalue weighted by molar-refractivity contribution is -0.130. The molecule has 1 aromatic rings. The number of carbonyl (C=O) groups is 1. The summed E-state index contributed by atoms with van der Waals surface area (Å²) in [5.74, 6) is -1.30. The molecule has 110 valence electrons. The van der Waals surface area contributed by atoms with Gasteiger partial charge in [-0.15, -0.1) is 0 Å². The van der Waals surface area contributed by atoms with Crippen LogP contribution in [0.25, 0.3) is 0 Å². The number of hydrogen-bond donors (Lipinski definition) is 2. The van der Waals surface area contributed by atoms with Crippen LogP contribution in [-0.4, -0.2) is 27.0 Å². The number of halogens is 1. The molecule has 0 radical (unpaired) electrons. The minimum Gasteiger partial charge on any atom is -0.368 e. The van der Waals surface area contributed by atoms with Gasteiger partial charge in [0.15, 0.2) is 0 Å². The highest BCUT2D eigenvalue weighted by Gasteiger charge is 2.23. The average Bonchev–Trinajstić information content (AvgIpc) is 2.41. The van der Waals surface area contributed by atoms with E-state index in [2.05, 4.69) is 5.32 Å². The lowest BCUT2D eigenvalue weighted by Crippen LogP contribution is -2.33. The van der Waals surface area contributed by atoms with Gasteiger partial charge in [-0.1, -0.05) is 0 Å². The lowest BCUT2D eigenvalue weighted by Gasteiger charge is -2.21. The fourth-order valence-corrected chi connectivity index (χ4v) is 2.46. The summed E-state index contributed by atoms with van der Waals surface area (Å²) in [7, 11) is -3.97. The van der Waals surface area contributed by atoms with E-state index in [1.807, 2.05) is 0 Å². The molecule has 0 bridgehead atoms. The molecule has 0 spiro atoms. The average molecular weight is 302 g/mol. The quantitative estimate of drug-likeness (QED) is 0.869. The third kappa shape index (κ3) is 3.53. The van der Waals surface area contributed by atoms with E-state index in [1.165, 1.54) is 0 Å². The van der Waals surface area contributed by atoms with Crippen LogP contribution in [0.4, 0.5) is 10.1 Å². The predicted molar refractivity (Wildman–Crippen MR) is 70.0 cm³/mol. The molecule has 0 aromatic heterocycles. The Bertz CT molecular complexity index is 612. The number of nitrogens with two attached hydrogens (primary N) is 1. The Morgan fingerprint density at radius 1 is 1.40 bits per heavy atom. The van der Waals surface area contributed by atoms with Crippen LogP contribution < -0.4 is 10.5 Å². The van der Waals surface area contributed by atoms with Crippen LogP contribution in [0.15, 0.2) is 23.1 Å². The molecular formula is C12H15FN2O4S. The van der Waals surface area contributed by atoms with E-state index in [0.717, 1.165) is 31.0 Å². The van der Waals surface area contributed by atoms with Gasteiger partial charge in [0, 0.05) is 6.61 Å². The maximum atomic E-state index is 13.7. The van der Waals surface area contributed by atoms with Crippen LogP contribution in [0, 0.1) is 5.82 Å². The van der Waals surface area contributed by atoms with E-state index in [1.54, 1.807) is 0 Å². The lowest BCUT2D eigenvalue weighted by atomic mass is 10.1. The number of anilines is 1. The molecule has 1 fully saturated rings. The molecule has 1 aromatic carbocycles. The summed E-state index contributed by atoms with van der Waals surface area (Å²) >= 11 is 0. The van der Waals surface area contributed by atoms with Gasteiger partial charge in [0.05, 0.1) is 10.6 Å². The molecule has 1 heterocycles. The summed E-state index contributed by atoms with van der Waals surface area (Å²) in [6.45, 7) is 0.505. The summed E-state index contributed by atoms with van der Waals surface area (Å²) in [6, 6.07) is 3.07. The standard InChI is InChI=1S/C12H15FN2O4S/c13-9-7-8(20(14,17)18)4-5-10(9)15-12(16)11-3-1-2-6-19-11/h4-5,7,11H,1-3,6H2,(H,15,16)(H2,14,17,18). The van der Waals surface area contributed by atoms with E-state index in [9.17, 15) is 17.6 Å². The van der Waals surface area contributed by atoms with Gasteiger partial charge in [0.25, 0.3) is 5.91 Å². The molecule has 20 heavy (non-hydrogen) atoms. The number of amides is 1. The van der Waals surface area contributed by atoms with Gasteiger partial charge in [-0.25, -0.2) is 17.9 Å². The van der Waals surface area contributed by atoms with Gasteiger partial charge in [0.2, 0.25) is 10.0 Å². The zero-order valence-electron chi connectivity index (χ0n) is 10.6. The number of rotatable bonds is 3. The fraction of sp³-hybridized carbons (Fsp3) is 0.417. The van der Waals surface area contributed by atoms with Gasteiger partial charge in [0.1, 0.15) is 11.9 Å². The first-order valence-corrected chi connectivity index (χ1v) is 7.67. The number of hydrogen-bond acceptors (Lipinski definition) is 4. The molecule has 8 heteroatoms. The van der Waals surface area contributed by atoms with Crippen LogP contribution in [0.2, 0.25) is 0 Å². The maximum absolute atomic E-state index is 13.7. The van der Waals surface area contributed by atoms with Crippen LogP contribution >= 0.6 is 0 Å². The highest BCUT2D eigenvalue weighted by molar-refractivity contribution is 7.89. The van der Waals surface area contributed by atoms with Crippen molar-refractivity contribution in [2.45, 2.75) is 30.3 Å². The topological polar surface area (TPSA) is 98.5 Å².